The monoisotopic (exact) mass is 461 g/mol. The third-order valence-electron chi connectivity index (χ3n) is 5.53. The molecule has 0 atom stereocenters. The minimum absolute atomic E-state index is 0.196. The van der Waals surface area contributed by atoms with E-state index in [0.717, 1.165) is 11.3 Å². The van der Waals surface area contributed by atoms with E-state index in [1.54, 1.807) is 49.6 Å². The van der Waals surface area contributed by atoms with Gasteiger partial charge in [0.15, 0.2) is 0 Å². The normalized spacial score (nSPS) is 13.5. The van der Waals surface area contributed by atoms with Crippen LogP contribution in [0.25, 0.3) is 5.57 Å². The number of nitrogens with zero attached hydrogens (tertiary/aromatic N) is 2. The van der Waals surface area contributed by atoms with E-state index in [-0.39, 0.29) is 11.3 Å². The molecule has 2 amide bonds. The number of methoxy groups -OCH3 is 1. The molecular weight excluding hydrogens is 438 g/mol. The van der Waals surface area contributed by atoms with E-state index >= 15 is 0 Å². The maximum Gasteiger partial charge on any atom is 0.282 e. The third kappa shape index (κ3) is 4.30. The lowest BCUT2D eigenvalue weighted by atomic mass is 10.0. The van der Waals surface area contributed by atoms with E-state index in [4.69, 9.17) is 16.3 Å². The fourth-order valence-corrected chi connectivity index (χ4v) is 3.80. The van der Waals surface area contributed by atoms with Crippen LogP contribution in [0, 0.1) is 6.92 Å². The highest BCUT2D eigenvalue weighted by Crippen LogP contribution is 2.35. The molecule has 0 aliphatic carbocycles. The van der Waals surface area contributed by atoms with Crippen LogP contribution < -0.4 is 19.9 Å². The number of benzene rings is 3. The molecular formula is C26H24ClN3O3. The SMILES string of the molecule is COc1ccc(C2=C(Nc3ccc(C)c(Cl)c3)C(=O)N(c3ccc(N(C)C)cc3)C2=O)cc1. The number of halogens is 1. The first-order chi connectivity index (χ1) is 15.8. The molecule has 1 heterocycles. The highest BCUT2D eigenvalue weighted by molar-refractivity contribution is 6.46. The van der Waals surface area contributed by atoms with Gasteiger partial charge in [-0.3, -0.25) is 9.59 Å². The zero-order chi connectivity index (χ0) is 23.7. The van der Waals surface area contributed by atoms with Crippen LogP contribution >= 0.6 is 11.6 Å². The number of nitrogens with one attached hydrogen (secondary N) is 1. The van der Waals surface area contributed by atoms with Gasteiger partial charge in [-0.25, -0.2) is 4.90 Å². The molecule has 0 unspecified atom stereocenters. The second kappa shape index (κ2) is 9.00. The van der Waals surface area contributed by atoms with Crippen LogP contribution in [0.3, 0.4) is 0 Å². The number of carbonyl (C=O) groups is 2. The molecule has 1 aliphatic rings. The van der Waals surface area contributed by atoms with Crippen LogP contribution in [-0.2, 0) is 9.59 Å². The number of hydrogen-bond acceptors (Lipinski definition) is 5. The Balaban J connectivity index is 1.78. The van der Waals surface area contributed by atoms with E-state index < -0.39 is 11.8 Å². The first-order valence-corrected chi connectivity index (χ1v) is 10.8. The fourth-order valence-electron chi connectivity index (χ4n) is 3.62. The van der Waals surface area contributed by atoms with Crippen molar-refractivity contribution in [3.8, 4) is 5.75 Å². The fraction of sp³-hybridized carbons (Fsp3) is 0.154. The molecule has 0 fully saturated rings. The molecule has 0 aromatic heterocycles. The van der Waals surface area contributed by atoms with Crippen molar-refractivity contribution in [1.82, 2.24) is 0 Å². The van der Waals surface area contributed by atoms with Gasteiger partial charge >= 0.3 is 0 Å². The minimum Gasteiger partial charge on any atom is -0.497 e. The van der Waals surface area contributed by atoms with Gasteiger partial charge in [-0.15, -0.1) is 0 Å². The molecule has 4 rings (SSSR count). The van der Waals surface area contributed by atoms with Gasteiger partial charge in [-0.2, -0.15) is 0 Å². The van der Waals surface area contributed by atoms with Gasteiger partial charge in [0.25, 0.3) is 11.8 Å². The highest BCUT2D eigenvalue weighted by atomic mass is 35.5. The van der Waals surface area contributed by atoms with Crippen LogP contribution in [0.1, 0.15) is 11.1 Å². The first kappa shape index (κ1) is 22.4. The standard InChI is InChI=1S/C26H24ClN3O3/c1-16-5-8-18(15-22(16)27)28-24-23(17-6-13-21(33-4)14-7-17)25(31)30(26(24)32)20-11-9-19(10-12-20)29(2)3/h5-15,28H,1-4H3. The number of rotatable bonds is 6. The largest absolute Gasteiger partial charge is 0.497 e. The summed E-state index contributed by atoms with van der Waals surface area (Å²) in [6.45, 7) is 1.90. The van der Waals surface area contributed by atoms with Crippen molar-refractivity contribution in [2.45, 2.75) is 6.92 Å². The molecule has 168 valence electrons. The van der Waals surface area contributed by atoms with Crippen molar-refractivity contribution in [3.63, 3.8) is 0 Å². The maximum atomic E-state index is 13.6. The van der Waals surface area contributed by atoms with Crippen molar-refractivity contribution < 1.29 is 14.3 Å². The molecule has 3 aromatic rings. The van der Waals surface area contributed by atoms with E-state index in [0.29, 0.717) is 27.7 Å². The minimum atomic E-state index is -0.430. The molecule has 6 nitrogen and oxygen atoms in total. The lowest BCUT2D eigenvalue weighted by molar-refractivity contribution is -0.120. The summed E-state index contributed by atoms with van der Waals surface area (Å²) in [6, 6.07) is 19.7. The Morgan fingerprint density at radius 2 is 1.58 bits per heavy atom. The van der Waals surface area contributed by atoms with Crippen LogP contribution in [0.15, 0.2) is 72.4 Å². The average molecular weight is 462 g/mol. The molecule has 0 saturated heterocycles. The van der Waals surface area contributed by atoms with Crippen molar-refractivity contribution in [1.29, 1.82) is 0 Å². The van der Waals surface area contributed by atoms with Crippen LogP contribution in [0.4, 0.5) is 17.1 Å². The highest BCUT2D eigenvalue weighted by Gasteiger charge is 2.40. The topological polar surface area (TPSA) is 61.9 Å². The summed E-state index contributed by atoms with van der Waals surface area (Å²) in [7, 11) is 5.43. The molecule has 0 spiro atoms. The third-order valence-corrected chi connectivity index (χ3v) is 5.94. The van der Waals surface area contributed by atoms with Gasteiger partial charge < -0.3 is 15.0 Å². The number of hydrogen-bond donors (Lipinski definition) is 1. The zero-order valence-corrected chi connectivity index (χ0v) is 19.6. The van der Waals surface area contributed by atoms with E-state index in [9.17, 15) is 9.59 Å². The maximum absolute atomic E-state index is 13.6. The summed E-state index contributed by atoms with van der Waals surface area (Å²) in [5.41, 5.74) is 4.11. The number of amides is 2. The molecule has 0 bridgehead atoms. The predicted molar refractivity (Wildman–Crippen MR) is 133 cm³/mol. The molecule has 1 aliphatic heterocycles. The van der Waals surface area contributed by atoms with Gasteiger partial charge in [0.05, 0.1) is 18.4 Å². The van der Waals surface area contributed by atoms with Crippen molar-refractivity contribution in [3.05, 3.63) is 88.6 Å². The second-order valence-corrected chi connectivity index (χ2v) is 8.33. The van der Waals surface area contributed by atoms with Crippen LogP contribution in [0.5, 0.6) is 5.75 Å². The molecule has 7 heteroatoms. The summed E-state index contributed by atoms with van der Waals surface area (Å²) >= 11 is 6.28. The van der Waals surface area contributed by atoms with E-state index in [1.165, 1.54) is 4.90 Å². The number of carbonyl (C=O) groups excluding carboxylic acids is 2. The Morgan fingerprint density at radius 1 is 0.909 bits per heavy atom. The van der Waals surface area contributed by atoms with Gasteiger partial charge in [-0.1, -0.05) is 29.8 Å². The lowest BCUT2D eigenvalue weighted by Gasteiger charge is -2.18. The lowest BCUT2D eigenvalue weighted by Crippen LogP contribution is -2.32. The molecule has 0 saturated carbocycles. The molecule has 1 N–H and O–H groups in total. The van der Waals surface area contributed by atoms with Gasteiger partial charge in [0.1, 0.15) is 11.4 Å². The van der Waals surface area contributed by atoms with Crippen molar-refractivity contribution in [2.75, 3.05) is 36.3 Å². The Bertz CT molecular complexity index is 1250. The Hall–Kier alpha value is -3.77. The van der Waals surface area contributed by atoms with E-state index in [1.807, 2.05) is 50.2 Å². The number of aryl methyl sites for hydroxylation is 1. The number of imide groups is 1. The van der Waals surface area contributed by atoms with Crippen LogP contribution in [0.2, 0.25) is 5.02 Å². The summed E-state index contributed by atoms with van der Waals surface area (Å²) in [5.74, 6) is -0.171. The quantitative estimate of drug-likeness (QED) is 0.516. The van der Waals surface area contributed by atoms with Gasteiger partial charge in [-0.05, 0) is 66.6 Å². The Morgan fingerprint density at radius 3 is 2.15 bits per heavy atom. The van der Waals surface area contributed by atoms with Crippen LogP contribution in [-0.4, -0.2) is 33.0 Å². The van der Waals surface area contributed by atoms with E-state index in [2.05, 4.69) is 5.32 Å². The molecule has 3 aromatic carbocycles. The van der Waals surface area contributed by atoms with Gasteiger partial charge in [0, 0.05) is 30.5 Å². The zero-order valence-electron chi connectivity index (χ0n) is 18.8. The first-order valence-electron chi connectivity index (χ1n) is 10.4. The predicted octanol–water partition coefficient (Wildman–Crippen LogP) is 5.12. The Kier molecular flexibility index (Phi) is 6.11. The van der Waals surface area contributed by atoms with Gasteiger partial charge in [0.2, 0.25) is 0 Å². The van der Waals surface area contributed by atoms with Crippen molar-refractivity contribution >= 4 is 46.1 Å². The molecule has 33 heavy (non-hydrogen) atoms. The summed E-state index contributed by atoms with van der Waals surface area (Å²) in [6.07, 6.45) is 0. The van der Waals surface area contributed by atoms with Crippen molar-refractivity contribution in [2.24, 2.45) is 0 Å². The second-order valence-electron chi connectivity index (χ2n) is 7.92. The summed E-state index contributed by atoms with van der Waals surface area (Å²) in [5, 5.41) is 3.71. The smallest absolute Gasteiger partial charge is 0.282 e. The number of anilines is 3. The molecule has 0 radical (unpaired) electrons. The number of ether oxygens (including phenoxy) is 1. The average Bonchev–Trinajstić information content (AvgIpc) is 3.05. The Labute approximate surface area is 198 Å². The summed E-state index contributed by atoms with van der Waals surface area (Å²) in [4.78, 5) is 30.2. The summed E-state index contributed by atoms with van der Waals surface area (Å²) < 4.78 is 5.23.